The van der Waals surface area contributed by atoms with E-state index in [1.165, 1.54) is 5.56 Å². The van der Waals surface area contributed by atoms with Crippen LogP contribution in [0.3, 0.4) is 0 Å². The van der Waals surface area contributed by atoms with E-state index in [0.717, 1.165) is 23.3 Å². The lowest BCUT2D eigenvalue weighted by atomic mass is 10.0. The molecule has 0 saturated carbocycles. The van der Waals surface area contributed by atoms with Gasteiger partial charge in [0.1, 0.15) is 11.9 Å². The van der Waals surface area contributed by atoms with Gasteiger partial charge in [0, 0.05) is 29.9 Å². The number of pyridine rings is 1. The van der Waals surface area contributed by atoms with Gasteiger partial charge in [-0.2, -0.15) is 0 Å². The Morgan fingerprint density at radius 2 is 2.19 bits per heavy atom. The van der Waals surface area contributed by atoms with Crippen molar-refractivity contribution in [2.75, 3.05) is 0 Å². The summed E-state index contributed by atoms with van der Waals surface area (Å²) in [7, 11) is 0. The van der Waals surface area contributed by atoms with Crippen LogP contribution < -0.4 is 4.74 Å². The van der Waals surface area contributed by atoms with Gasteiger partial charge in [0.15, 0.2) is 0 Å². The van der Waals surface area contributed by atoms with Crippen LogP contribution in [-0.4, -0.2) is 11.1 Å². The molecule has 1 aliphatic heterocycles. The van der Waals surface area contributed by atoms with Crippen LogP contribution in [0.25, 0.3) is 11.1 Å². The molecule has 2 aromatic rings. The van der Waals surface area contributed by atoms with E-state index < -0.39 is 0 Å². The van der Waals surface area contributed by atoms with Crippen molar-refractivity contribution in [2.24, 2.45) is 0 Å². The first-order chi connectivity index (χ1) is 7.84. The summed E-state index contributed by atoms with van der Waals surface area (Å²) < 4.78 is 5.75. The van der Waals surface area contributed by atoms with E-state index in [1.54, 1.807) is 6.20 Å². The summed E-state index contributed by atoms with van der Waals surface area (Å²) in [6.45, 7) is 3.95. The molecule has 1 aromatic heterocycles. The van der Waals surface area contributed by atoms with E-state index in [4.69, 9.17) is 4.74 Å². The van der Waals surface area contributed by atoms with Crippen LogP contribution in [-0.2, 0) is 6.42 Å². The lowest BCUT2D eigenvalue weighted by Gasteiger charge is -2.08. The number of hydrogen-bond donors (Lipinski definition) is 0. The van der Waals surface area contributed by atoms with Crippen molar-refractivity contribution in [3.05, 3.63) is 55.2 Å². The second-order valence-corrected chi connectivity index (χ2v) is 3.98. The minimum atomic E-state index is 0.0350. The molecule has 1 unspecified atom stereocenters. The van der Waals surface area contributed by atoms with E-state index >= 15 is 0 Å². The summed E-state index contributed by atoms with van der Waals surface area (Å²) in [4.78, 5) is 4.13. The SMILES string of the molecule is [CH2]C1Cc2cccc(-c3cccnc3)c2O1. The normalized spacial score (nSPS) is 17.9. The Bertz CT molecular complexity index is 507. The first kappa shape index (κ1) is 9.40. The fourth-order valence-electron chi connectivity index (χ4n) is 2.09. The molecule has 2 nitrogen and oxygen atoms in total. The quantitative estimate of drug-likeness (QED) is 0.722. The van der Waals surface area contributed by atoms with Crippen LogP contribution in [0.5, 0.6) is 5.75 Å². The fraction of sp³-hybridized carbons (Fsp3) is 0.143. The Kier molecular flexibility index (Phi) is 2.13. The molecular weight excluding hydrogens is 198 g/mol. The van der Waals surface area contributed by atoms with E-state index in [0.29, 0.717) is 0 Å². The lowest BCUT2D eigenvalue weighted by molar-refractivity contribution is 0.282. The van der Waals surface area contributed by atoms with Gasteiger partial charge in [0.05, 0.1) is 0 Å². The van der Waals surface area contributed by atoms with Crippen molar-refractivity contribution in [1.82, 2.24) is 4.98 Å². The highest BCUT2D eigenvalue weighted by Gasteiger charge is 2.22. The number of rotatable bonds is 1. The Morgan fingerprint density at radius 3 is 3.00 bits per heavy atom. The zero-order valence-corrected chi connectivity index (χ0v) is 8.89. The van der Waals surface area contributed by atoms with Crippen molar-refractivity contribution in [1.29, 1.82) is 0 Å². The Hall–Kier alpha value is -1.83. The summed E-state index contributed by atoms with van der Waals surface area (Å²) in [6.07, 6.45) is 4.56. The van der Waals surface area contributed by atoms with Gasteiger partial charge in [0.25, 0.3) is 0 Å². The second kappa shape index (κ2) is 3.63. The molecule has 1 aromatic carbocycles. The van der Waals surface area contributed by atoms with Gasteiger partial charge in [-0.15, -0.1) is 0 Å². The third kappa shape index (κ3) is 1.47. The third-order valence-corrected chi connectivity index (χ3v) is 2.80. The van der Waals surface area contributed by atoms with Gasteiger partial charge in [-0.3, -0.25) is 4.98 Å². The molecule has 0 amide bonds. The molecule has 0 aliphatic carbocycles. The lowest BCUT2D eigenvalue weighted by Crippen LogP contribution is -2.06. The summed E-state index contributed by atoms with van der Waals surface area (Å²) in [6, 6.07) is 10.2. The molecule has 0 saturated heterocycles. The Labute approximate surface area is 94.9 Å². The number of ether oxygens (including phenoxy) is 1. The van der Waals surface area contributed by atoms with Crippen molar-refractivity contribution in [3.8, 4) is 16.9 Å². The first-order valence-electron chi connectivity index (χ1n) is 5.36. The van der Waals surface area contributed by atoms with Crippen molar-refractivity contribution in [2.45, 2.75) is 12.5 Å². The molecule has 0 spiro atoms. The maximum absolute atomic E-state index is 5.75. The molecule has 2 heterocycles. The maximum Gasteiger partial charge on any atom is 0.130 e. The first-order valence-corrected chi connectivity index (χ1v) is 5.36. The highest BCUT2D eigenvalue weighted by atomic mass is 16.5. The van der Waals surface area contributed by atoms with E-state index in [2.05, 4.69) is 30.1 Å². The Morgan fingerprint density at radius 1 is 1.25 bits per heavy atom. The summed E-state index contributed by atoms with van der Waals surface area (Å²) in [5, 5.41) is 0. The fourth-order valence-corrected chi connectivity index (χ4v) is 2.09. The zero-order valence-electron chi connectivity index (χ0n) is 8.89. The standard InChI is InChI=1S/C14H12NO/c1-10-8-11-4-2-6-13(14(11)16-10)12-5-3-7-15-9-12/h2-7,9-10H,1,8H2. The smallest absolute Gasteiger partial charge is 0.130 e. The van der Waals surface area contributed by atoms with Crippen LogP contribution in [0.1, 0.15) is 5.56 Å². The maximum atomic E-state index is 5.75. The van der Waals surface area contributed by atoms with Gasteiger partial charge in [-0.05, 0) is 18.6 Å². The van der Waals surface area contributed by atoms with E-state index in [9.17, 15) is 0 Å². The number of nitrogens with zero attached hydrogens (tertiary/aromatic N) is 1. The molecule has 16 heavy (non-hydrogen) atoms. The van der Waals surface area contributed by atoms with Crippen LogP contribution in [0.4, 0.5) is 0 Å². The number of fused-ring (bicyclic) bond motifs is 1. The van der Waals surface area contributed by atoms with Gasteiger partial charge in [0.2, 0.25) is 0 Å². The molecule has 3 rings (SSSR count). The van der Waals surface area contributed by atoms with Crippen molar-refractivity contribution < 1.29 is 4.74 Å². The summed E-state index contributed by atoms with van der Waals surface area (Å²) >= 11 is 0. The molecule has 0 N–H and O–H groups in total. The van der Waals surface area contributed by atoms with E-state index in [1.807, 2.05) is 18.3 Å². The predicted octanol–water partition coefficient (Wildman–Crippen LogP) is 2.89. The Balaban J connectivity index is 2.14. The largest absolute Gasteiger partial charge is 0.489 e. The molecule has 79 valence electrons. The van der Waals surface area contributed by atoms with Gasteiger partial charge >= 0.3 is 0 Å². The number of hydrogen-bond acceptors (Lipinski definition) is 2. The summed E-state index contributed by atoms with van der Waals surface area (Å²) in [5.41, 5.74) is 3.44. The van der Waals surface area contributed by atoms with Gasteiger partial charge in [-0.25, -0.2) is 0 Å². The number of para-hydroxylation sites is 1. The zero-order chi connectivity index (χ0) is 11.0. The average Bonchev–Trinajstić information content (AvgIpc) is 2.70. The topological polar surface area (TPSA) is 22.1 Å². The summed E-state index contributed by atoms with van der Waals surface area (Å²) in [5.74, 6) is 0.968. The van der Waals surface area contributed by atoms with Crippen molar-refractivity contribution >= 4 is 0 Å². The minimum Gasteiger partial charge on any atom is -0.489 e. The van der Waals surface area contributed by atoms with Gasteiger partial charge in [-0.1, -0.05) is 24.3 Å². The average molecular weight is 210 g/mol. The van der Waals surface area contributed by atoms with Crippen molar-refractivity contribution in [3.63, 3.8) is 0 Å². The van der Waals surface area contributed by atoms with Crippen LogP contribution in [0.15, 0.2) is 42.7 Å². The highest BCUT2D eigenvalue weighted by molar-refractivity contribution is 5.72. The molecule has 2 heteroatoms. The van der Waals surface area contributed by atoms with Crippen LogP contribution in [0.2, 0.25) is 0 Å². The number of benzene rings is 1. The molecular formula is C14H12NO. The molecule has 1 aliphatic rings. The van der Waals surface area contributed by atoms with Crippen LogP contribution >= 0.6 is 0 Å². The predicted molar refractivity (Wildman–Crippen MR) is 63.2 cm³/mol. The van der Waals surface area contributed by atoms with E-state index in [-0.39, 0.29) is 6.10 Å². The molecule has 1 atom stereocenters. The highest BCUT2D eigenvalue weighted by Crippen LogP contribution is 2.38. The van der Waals surface area contributed by atoms with Gasteiger partial charge < -0.3 is 4.74 Å². The minimum absolute atomic E-state index is 0.0350. The monoisotopic (exact) mass is 210 g/mol. The molecule has 0 fully saturated rings. The molecule has 1 radical (unpaired) electrons. The second-order valence-electron chi connectivity index (χ2n) is 3.98. The van der Waals surface area contributed by atoms with Crippen LogP contribution in [0, 0.1) is 6.92 Å². The molecule has 0 bridgehead atoms. The number of aromatic nitrogens is 1. The third-order valence-electron chi connectivity index (χ3n) is 2.80.